The van der Waals surface area contributed by atoms with Crippen LogP contribution in [0.4, 0.5) is 4.39 Å². The quantitative estimate of drug-likeness (QED) is 0.743. The van der Waals surface area contributed by atoms with Gasteiger partial charge in [0.2, 0.25) is 0 Å². The van der Waals surface area contributed by atoms with Gasteiger partial charge in [-0.25, -0.2) is 9.37 Å². The monoisotopic (exact) mass is 377 g/mol. The molecule has 2 heterocycles. The number of pyridine rings is 1. The lowest BCUT2D eigenvalue weighted by Gasteiger charge is -2.07. The van der Waals surface area contributed by atoms with Crippen molar-refractivity contribution in [3.8, 4) is 5.75 Å². The van der Waals surface area contributed by atoms with Crippen LogP contribution in [0.2, 0.25) is 0 Å². The number of rotatable bonds is 5. The second-order valence-electron chi connectivity index (χ2n) is 4.84. The van der Waals surface area contributed by atoms with Gasteiger partial charge in [0.1, 0.15) is 5.65 Å². The number of para-hydroxylation sites is 1. The highest BCUT2D eigenvalue weighted by Crippen LogP contribution is 2.15. The maximum Gasteiger partial charge on any atom is 0.258 e. The molecular weight excluding hydrogens is 365 g/mol. The molecule has 1 N–H and O–H groups in total. The van der Waals surface area contributed by atoms with E-state index in [4.69, 9.17) is 4.74 Å². The number of carbonyl (C=O) groups is 1. The molecule has 118 valence electrons. The number of carbonyl (C=O) groups excluding carboxylic acids is 1. The molecule has 2 aromatic heterocycles. The topological polar surface area (TPSA) is 55.6 Å². The van der Waals surface area contributed by atoms with Gasteiger partial charge in [0, 0.05) is 16.9 Å². The van der Waals surface area contributed by atoms with Crippen molar-refractivity contribution in [3.05, 3.63) is 64.8 Å². The molecule has 0 aliphatic rings. The van der Waals surface area contributed by atoms with E-state index in [1.54, 1.807) is 12.1 Å². The maximum atomic E-state index is 13.4. The predicted octanol–water partition coefficient (Wildman–Crippen LogP) is 2.93. The normalized spacial score (nSPS) is 10.7. The first-order chi connectivity index (χ1) is 11.1. The fraction of sp³-hybridized carbons (Fsp3) is 0.125. The Balaban J connectivity index is 1.54. The van der Waals surface area contributed by atoms with E-state index in [2.05, 4.69) is 26.2 Å². The Bertz CT molecular complexity index is 850. The number of ether oxygens (including phenoxy) is 1. The van der Waals surface area contributed by atoms with Gasteiger partial charge in [-0.1, -0.05) is 12.1 Å². The number of hydrogen-bond donors (Lipinski definition) is 1. The minimum atomic E-state index is -0.494. The smallest absolute Gasteiger partial charge is 0.258 e. The van der Waals surface area contributed by atoms with Crippen LogP contribution < -0.4 is 10.1 Å². The number of aromatic nitrogens is 2. The average molecular weight is 378 g/mol. The number of benzene rings is 1. The van der Waals surface area contributed by atoms with Gasteiger partial charge in [-0.2, -0.15) is 0 Å². The van der Waals surface area contributed by atoms with Gasteiger partial charge in [-0.05, 0) is 40.2 Å². The van der Waals surface area contributed by atoms with E-state index in [0.717, 1.165) is 15.8 Å². The zero-order valence-electron chi connectivity index (χ0n) is 12.0. The van der Waals surface area contributed by atoms with Crippen LogP contribution in [0, 0.1) is 5.82 Å². The van der Waals surface area contributed by atoms with Crippen molar-refractivity contribution in [1.29, 1.82) is 0 Å². The molecule has 0 unspecified atom stereocenters. The first-order valence-corrected chi connectivity index (χ1v) is 7.68. The SMILES string of the molecule is O=C(COc1ccccc1F)NCc1cn2cc(Br)ccc2n1. The van der Waals surface area contributed by atoms with Crippen LogP contribution in [0.3, 0.4) is 0 Å². The van der Waals surface area contributed by atoms with Gasteiger partial charge in [0.05, 0.1) is 12.2 Å². The molecule has 0 saturated heterocycles. The summed E-state index contributed by atoms with van der Waals surface area (Å²) in [6.45, 7) is 0.0264. The average Bonchev–Trinajstić information content (AvgIpc) is 2.94. The van der Waals surface area contributed by atoms with E-state index >= 15 is 0 Å². The van der Waals surface area contributed by atoms with Crippen molar-refractivity contribution in [2.45, 2.75) is 6.54 Å². The van der Waals surface area contributed by atoms with Gasteiger partial charge in [0.15, 0.2) is 18.2 Å². The van der Waals surface area contributed by atoms with Crippen LogP contribution in [0.25, 0.3) is 5.65 Å². The summed E-state index contributed by atoms with van der Waals surface area (Å²) < 4.78 is 21.3. The molecule has 0 aliphatic heterocycles. The Morgan fingerprint density at radius 3 is 2.91 bits per heavy atom. The van der Waals surface area contributed by atoms with Crippen LogP contribution >= 0.6 is 15.9 Å². The highest BCUT2D eigenvalue weighted by molar-refractivity contribution is 9.10. The Morgan fingerprint density at radius 1 is 1.26 bits per heavy atom. The number of halogens is 2. The lowest BCUT2D eigenvalue weighted by molar-refractivity contribution is -0.123. The lowest BCUT2D eigenvalue weighted by atomic mass is 10.3. The number of imidazole rings is 1. The van der Waals surface area contributed by atoms with E-state index in [9.17, 15) is 9.18 Å². The highest BCUT2D eigenvalue weighted by Gasteiger charge is 2.07. The minimum absolute atomic E-state index is 0.0558. The third-order valence-corrected chi connectivity index (χ3v) is 3.60. The van der Waals surface area contributed by atoms with E-state index < -0.39 is 5.82 Å². The summed E-state index contributed by atoms with van der Waals surface area (Å²) in [4.78, 5) is 16.2. The molecule has 0 spiro atoms. The maximum absolute atomic E-state index is 13.4. The van der Waals surface area contributed by atoms with Crippen molar-refractivity contribution in [1.82, 2.24) is 14.7 Å². The number of nitrogens with one attached hydrogen (secondary N) is 1. The van der Waals surface area contributed by atoms with E-state index in [1.165, 1.54) is 12.1 Å². The van der Waals surface area contributed by atoms with Crippen LogP contribution in [0.5, 0.6) is 5.75 Å². The summed E-state index contributed by atoms with van der Waals surface area (Å²) in [6.07, 6.45) is 3.72. The molecule has 3 aromatic rings. The molecule has 0 fully saturated rings. The Morgan fingerprint density at radius 2 is 2.09 bits per heavy atom. The zero-order valence-corrected chi connectivity index (χ0v) is 13.6. The highest BCUT2D eigenvalue weighted by atomic mass is 79.9. The van der Waals surface area contributed by atoms with Crippen molar-refractivity contribution < 1.29 is 13.9 Å². The largest absolute Gasteiger partial charge is 0.481 e. The van der Waals surface area contributed by atoms with E-state index in [1.807, 2.05) is 28.9 Å². The van der Waals surface area contributed by atoms with E-state index in [-0.39, 0.29) is 24.8 Å². The summed E-state index contributed by atoms with van der Waals surface area (Å²) in [5.41, 5.74) is 1.52. The summed E-state index contributed by atoms with van der Waals surface area (Å²) in [7, 11) is 0. The fourth-order valence-electron chi connectivity index (χ4n) is 2.05. The van der Waals surface area contributed by atoms with Crippen molar-refractivity contribution in [2.75, 3.05) is 6.61 Å². The van der Waals surface area contributed by atoms with Crippen molar-refractivity contribution >= 4 is 27.5 Å². The summed E-state index contributed by atoms with van der Waals surface area (Å²) in [5, 5.41) is 2.69. The molecule has 0 aliphatic carbocycles. The number of nitrogens with zero attached hydrogens (tertiary/aromatic N) is 2. The minimum Gasteiger partial charge on any atom is -0.481 e. The van der Waals surface area contributed by atoms with Crippen LogP contribution in [0.1, 0.15) is 5.69 Å². The second kappa shape index (κ2) is 6.78. The molecule has 23 heavy (non-hydrogen) atoms. The number of amides is 1. The Kier molecular flexibility index (Phi) is 4.57. The van der Waals surface area contributed by atoms with Gasteiger partial charge in [-0.3, -0.25) is 4.79 Å². The van der Waals surface area contributed by atoms with Gasteiger partial charge in [0.25, 0.3) is 5.91 Å². The van der Waals surface area contributed by atoms with Crippen LogP contribution in [0.15, 0.2) is 53.3 Å². The van der Waals surface area contributed by atoms with E-state index in [0.29, 0.717) is 0 Å². The molecule has 7 heteroatoms. The Labute approximate surface area is 140 Å². The molecule has 1 amide bonds. The Hall–Kier alpha value is -2.41. The van der Waals surface area contributed by atoms with Gasteiger partial charge < -0.3 is 14.5 Å². The zero-order chi connectivity index (χ0) is 16.2. The number of fused-ring (bicyclic) bond motifs is 1. The van der Waals surface area contributed by atoms with Gasteiger partial charge >= 0.3 is 0 Å². The fourth-order valence-corrected chi connectivity index (χ4v) is 2.40. The summed E-state index contributed by atoms with van der Waals surface area (Å²) in [5.74, 6) is -0.780. The predicted molar refractivity (Wildman–Crippen MR) is 86.6 cm³/mol. The second-order valence-corrected chi connectivity index (χ2v) is 5.76. The molecule has 0 atom stereocenters. The third-order valence-electron chi connectivity index (χ3n) is 3.13. The lowest BCUT2D eigenvalue weighted by Crippen LogP contribution is -2.28. The van der Waals surface area contributed by atoms with Crippen LogP contribution in [-0.4, -0.2) is 21.9 Å². The molecule has 0 bridgehead atoms. The van der Waals surface area contributed by atoms with Crippen LogP contribution in [-0.2, 0) is 11.3 Å². The van der Waals surface area contributed by atoms with Gasteiger partial charge in [-0.15, -0.1) is 0 Å². The first kappa shape index (κ1) is 15.5. The molecule has 1 aromatic carbocycles. The molecule has 5 nitrogen and oxygen atoms in total. The standard InChI is InChI=1S/C16H13BrFN3O2/c17-11-5-6-15-20-12(9-21(15)8-11)7-19-16(22)10-23-14-4-2-1-3-13(14)18/h1-6,8-9H,7,10H2,(H,19,22). The molecule has 3 rings (SSSR count). The molecule has 0 radical (unpaired) electrons. The molecular formula is C16H13BrFN3O2. The first-order valence-electron chi connectivity index (χ1n) is 6.89. The van der Waals surface area contributed by atoms with Crippen molar-refractivity contribution in [2.24, 2.45) is 0 Å². The number of hydrogen-bond acceptors (Lipinski definition) is 3. The summed E-state index contributed by atoms with van der Waals surface area (Å²) >= 11 is 3.39. The molecule has 0 saturated carbocycles. The third kappa shape index (κ3) is 3.87. The van der Waals surface area contributed by atoms with Crippen molar-refractivity contribution in [3.63, 3.8) is 0 Å². The summed E-state index contributed by atoms with van der Waals surface area (Å²) in [6, 6.07) is 9.73.